The summed E-state index contributed by atoms with van der Waals surface area (Å²) in [6.45, 7) is 0.407. The van der Waals surface area contributed by atoms with Crippen LogP contribution in [-0.4, -0.2) is 15.1 Å². The van der Waals surface area contributed by atoms with E-state index in [0.29, 0.717) is 5.56 Å². The largest absolute Gasteiger partial charge is 0.459 e. The predicted molar refractivity (Wildman–Crippen MR) is 102 cm³/mol. The van der Waals surface area contributed by atoms with E-state index in [1.807, 2.05) is 30.3 Å². The zero-order valence-electron chi connectivity index (χ0n) is 14.2. The average molecular weight is 386 g/mol. The van der Waals surface area contributed by atoms with Crippen molar-refractivity contribution in [1.29, 1.82) is 0 Å². The third kappa shape index (κ3) is 5.42. The minimum atomic E-state index is -0.683. The monoisotopic (exact) mass is 386 g/mol. The molecule has 2 aromatic carbocycles. The molecule has 0 spiro atoms. The van der Waals surface area contributed by atoms with Crippen LogP contribution in [-0.2, 0) is 13.2 Å². The highest BCUT2D eigenvalue weighted by atomic mass is 32.1. The Kier molecular flexibility index (Phi) is 6.22. The van der Waals surface area contributed by atoms with Gasteiger partial charge in [-0.2, -0.15) is 4.98 Å². The van der Waals surface area contributed by atoms with E-state index in [0.717, 1.165) is 11.8 Å². The normalized spacial score (nSPS) is 10.3. The van der Waals surface area contributed by atoms with Crippen molar-refractivity contribution < 1.29 is 13.5 Å². The zero-order chi connectivity index (χ0) is 19.1. The lowest BCUT2D eigenvalue weighted by Crippen LogP contribution is -2.29. The smallest absolute Gasteiger partial charge is 0.318 e. The lowest BCUT2D eigenvalue weighted by molar-refractivity contribution is 0.280. The van der Waals surface area contributed by atoms with Gasteiger partial charge in [0.2, 0.25) is 0 Å². The first kappa shape index (κ1) is 18.7. The summed E-state index contributed by atoms with van der Waals surface area (Å²) in [5.41, 5.74) is 1.37. The van der Waals surface area contributed by atoms with Gasteiger partial charge in [-0.25, -0.2) is 13.8 Å². The van der Waals surface area contributed by atoms with Crippen LogP contribution in [0.3, 0.4) is 0 Å². The van der Waals surface area contributed by atoms with Gasteiger partial charge in [-0.3, -0.25) is 0 Å². The molecule has 0 radical (unpaired) electrons. The van der Waals surface area contributed by atoms with Crippen LogP contribution in [0.5, 0.6) is 6.01 Å². The maximum absolute atomic E-state index is 13.9. The third-order valence-electron chi connectivity index (χ3n) is 3.56. The van der Waals surface area contributed by atoms with E-state index in [1.54, 1.807) is 18.2 Å². The number of ether oxygens (including phenoxy) is 1. The zero-order valence-corrected chi connectivity index (χ0v) is 15.0. The maximum Gasteiger partial charge on any atom is 0.318 e. The molecular weight excluding hydrogens is 370 g/mol. The van der Waals surface area contributed by atoms with E-state index in [9.17, 15) is 8.78 Å². The van der Waals surface area contributed by atoms with Crippen molar-refractivity contribution in [3.05, 3.63) is 83.6 Å². The molecule has 3 aromatic rings. The van der Waals surface area contributed by atoms with Crippen molar-refractivity contribution in [2.24, 2.45) is 0 Å². The number of halogens is 2. The first-order valence-electron chi connectivity index (χ1n) is 8.09. The summed E-state index contributed by atoms with van der Waals surface area (Å²) < 4.78 is 33.0. The van der Waals surface area contributed by atoms with E-state index in [4.69, 9.17) is 17.0 Å². The van der Waals surface area contributed by atoms with E-state index in [1.165, 1.54) is 6.07 Å². The molecule has 27 heavy (non-hydrogen) atoms. The highest BCUT2D eigenvalue weighted by Crippen LogP contribution is 2.14. The molecule has 3 rings (SSSR count). The number of hydrogen-bond donors (Lipinski definition) is 2. The Morgan fingerprint density at radius 2 is 1.74 bits per heavy atom. The van der Waals surface area contributed by atoms with Crippen LogP contribution in [0.15, 0.2) is 60.8 Å². The molecule has 2 N–H and O–H groups in total. The summed E-state index contributed by atoms with van der Waals surface area (Å²) in [6, 6.07) is 15.8. The molecule has 138 valence electrons. The predicted octanol–water partition coefficient (Wildman–Crippen LogP) is 3.82. The summed E-state index contributed by atoms with van der Waals surface area (Å²) in [5.74, 6) is -1.16. The van der Waals surface area contributed by atoms with E-state index < -0.39 is 5.82 Å². The average Bonchev–Trinajstić information content (AvgIpc) is 2.69. The molecule has 0 saturated carbocycles. The molecule has 5 nitrogen and oxygen atoms in total. The number of thiocarbonyl (C=S) groups is 1. The van der Waals surface area contributed by atoms with Gasteiger partial charge in [-0.15, -0.1) is 0 Å². The fourth-order valence-electron chi connectivity index (χ4n) is 2.20. The van der Waals surface area contributed by atoms with Gasteiger partial charge in [0, 0.05) is 12.1 Å². The molecule has 0 aliphatic carbocycles. The Morgan fingerprint density at radius 3 is 2.52 bits per heavy atom. The molecule has 0 aliphatic heterocycles. The fourth-order valence-corrected chi connectivity index (χ4v) is 2.37. The summed E-state index contributed by atoms with van der Waals surface area (Å²) in [7, 11) is 0. The molecule has 0 unspecified atom stereocenters. The number of nitrogens with one attached hydrogen (secondary N) is 2. The maximum atomic E-state index is 13.9. The fraction of sp³-hybridized carbons (Fsp3) is 0.105. The highest BCUT2D eigenvalue weighted by molar-refractivity contribution is 7.80. The summed E-state index contributed by atoms with van der Waals surface area (Å²) in [6.07, 6.45) is 0.995. The van der Waals surface area contributed by atoms with Gasteiger partial charge in [0.1, 0.15) is 12.4 Å². The van der Waals surface area contributed by atoms with Crippen LogP contribution in [0.4, 0.5) is 14.6 Å². The number of aromatic nitrogens is 2. The molecule has 1 heterocycles. The van der Waals surface area contributed by atoms with Crippen LogP contribution in [0.1, 0.15) is 11.1 Å². The molecule has 0 atom stereocenters. The van der Waals surface area contributed by atoms with Gasteiger partial charge < -0.3 is 15.4 Å². The Hall–Kier alpha value is -3.13. The third-order valence-corrected chi connectivity index (χ3v) is 3.81. The highest BCUT2D eigenvalue weighted by Gasteiger charge is 2.10. The van der Waals surface area contributed by atoms with Crippen LogP contribution < -0.4 is 15.4 Å². The quantitative estimate of drug-likeness (QED) is 0.628. The van der Waals surface area contributed by atoms with Crippen molar-refractivity contribution in [1.82, 2.24) is 15.3 Å². The second-order valence-corrected chi connectivity index (χ2v) is 5.93. The van der Waals surface area contributed by atoms with Crippen LogP contribution in [0.2, 0.25) is 0 Å². The molecule has 0 fully saturated rings. The minimum Gasteiger partial charge on any atom is -0.459 e. The minimum absolute atomic E-state index is 0.0136. The Balaban J connectivity index is 1.58. The molecule has 0 amide bonds. The van der Waals surface area contributed by atoms with Gasteiger partial charge in [0.05, 0.1) is 6.20 Å². The lowest BCUT2D eigenvalue weighted by atomic mass is 10.2. The number of benzene rings is 2. The van der Waals surface area contributed by atoms with Crippen molar-refractivity contribution in [3.8, 4) is 6.01 Å². The molecule has 0 saturated heterocycles. The van der Waals surface area contributed by atoms with Gasteiger partial charge in [-0.05, 0) is 23.8 Å². The summed E-state index contributed by atoms with van der Waals surface area (Å²) in [5, 5.41) is 5.54. The second-order valence-electron chi connectivity index (χ2n) is 5.52. The Labute approximate surface area is 160 Å². The van der Waals surface area contributed by atoms with Gasteiger partial charge in [0.25, 0.3) is 0 Å². The summed E-state index contributed by atoms with van der Waals surface area (Å²) >= 11 is 5.11. The number of anilines is 1. The van der Waals surface area contributed by atoms with Gasteiger partial charge in [0.15, 0.2) is 16.7 Å². The first-order chi connectivity index (χ1) is 13.1. The Bertz CT molecular complexity index is 925. The molecular formula is C19H16F2N4OS. The van der Waals surface area contributed by atoms with Crippen LogP contribution in [0, 0.1) is 11.6 Å². The van der Waals surface area contributed by atoms with Crippen molar-refractivity contribution >= 4 is 23.1 Å². The molecule has 1 aromatic heterocycles. The molecule has 0 aliphatic rings. The molecule has 8 heteroatoms. The lowest BCUT2D eigenvalue weighted by Gasteiger charge is -2.12. The standard InChI is InChI=1S/C19H16F2N4OS/c20-15-9-5-4-8-14(15)10-23-19(27)25-17-16(21)11-22-18(24-17)26-12-13-6-2-1-3-7-13/h1-9,11H,10,12H2,(H2,22,23,24,25,27). The van der Waals surface area contributed by atoms with Gasteiger partial charge in [-0.1, -0.05) is 48.5 Å². The van der Waals surface area contributed by atoms with E-state index in [2.05, 4.69) is 20.6 Å². The van der Waals surface area contributed by atoms with Crippen LogP contribution >= 0.6 is 12.2 Å². The SMILES string of the molecule is Fc1ccccc1CNC(=S)Nc1nc(OCc2ccccc2)ncc1F. The number of hydrogen-bond acceptors (Lipinski definition) is 4. The van der Waals surface area contributed by atoms with E-state index in [-0.39, 0.29) is 35.9 Å². The second kappa shape index (κ2) is 9.00. The number of rotatable bonds is 6. The number of nitrogens with zero attached hydrogens (tertiary/aromatic N) is 2. The van der Waals surface area contributed by atoms with Crippen LogP contribution in [0.25, 0.3) is 0 Å². The van der Waals surface area contributed by atoms with Crippen molar-refractivity contribution in [3.63, 3.8) is 0 Å². The van der Waals surface area contributed by atoms with E-state index >= 15 is 0 Å². The first-order valence-corrected chi connectivity index (χ1v) is 8.50. The van der Waals surface area contributed by atoms with Gasteiger partial charge >= 0.3 is 6.01 Å². The molecule has 0 bridgehead atoms. The summed E-state index contributed by atoms with van der Waals surface area (Å²) in [4.78, 5) is 7.78. The van der Waals surface area contributed by atoms with Crippen molar-refractivity contribution in [2.75, 3.05) is 5.32 Å². The topological polar surface area (TPSA) is 59.1 Å². The van der Waals surface area contributed by atoms with Crippen molar-refractivity contribution in [2.45, 2.75) is 13.2 Å². The Morgan fingerprint density at radius 1 is 1.00 bits per heavy atom.